The molecule has 2 atom stereocenters. The van der Waals surface area contributed by atoms with Gasteiger partial charge in [-0.1, -0.05) is 12.1 Å². The molecule has 2 unspecified atom stereocenters. The molecule has 0 spiro atoms. The molecule has 0 aliphatic carbocycles. The lowest BCUT2D eigenvalue weighted by atomic mass is 10.1. The molecule has 2 aliphatic heterocycles. The van der Waals surface area contributed by atoms with Gasteiger partial charge >= 0.3 is 0 Å². The van der Waals surface area contributed by atoms with E-state index in [9.17, 15) is 13.2 Å². The van der Waals surface area contributed by atoms with Crippen molar-refractivity contribution in [2.45, 2.75) is 37.8 Å². The lowest BCUT2D eigenvalue weighted by Crippen LogP contribution is -2.59. The van der Waals surface area contributed by atoms with Crippen LogP contribution in [0.1, 0.15) is 25.0 Å². The van der Waals surface area contributed by atoms with Crippen molar-refractivity contribution in [3.8, 4) is 6.07 Å². The molecule has 2 saturated heterocycles. The molecule has 0 aromatic heterocycles. The first-order chi connectivity index (χ1) is 17.2. The monoisotopic (exact) mass is 510 g/mol. The van der Waals surface area contributed by atoms with E-state index in [2.05, 4.69) is 21.6 Å². The highest BCUT2D eigenvalue weighted by Gasteiger charge is 2.39. The number of piperazine rings is 2. The zero-order chi connectivity index (χ0) is 25.9. The summed E-state index contributed by atoms with van der Waals surface area (Å²) < 4.78 is 28.2. The number of sulfonamides is 1. The summed E-state index contributed by atoms with van der Waals surface area (Å²) in [5.74, 6) is -0.118. The number of nitrogens with zero attached hydrogens (tertiary/aromatic N) is 4. The summed E-state index contributed by atoms with van der Waals surface area (Å²) in [6.45, 7) is 10.6. The van der Waals surface area contributed by atoms with E-state index < -0.39 is 10.0 Å². The number of benzene rings is 2. The van der Waals surface area contributed by atoms with Crippen LogP contribution in [0.5, 0.6) is 0 Å². The Morgan fingerprint density at radius 3 is 2.44 bits per heavy atom. The van der Waals surface area contributed by atoms with Crippen LogP contribution in [0.3, 0.4) is 0 Å². The Kier molecular flexibility index (Phi) is 7.95. The second-order valence-electron chi connectivity index (χ2n) is 9.60. The number of nitrogens with one attached hydrogen (secondary N) is 2. The zero-order valence-electron chi connectivity index (χ0n) is 21.1. The van der Waals surface area contributed by atoms with Crippen molar-refractivity contribution in [1.82, 2.24) is 14.5 Å². The van der Waals surface area contributed by atoms with E-state index in [1.54, 1.807) is 12.1 Å². The fourth-order valence-electron chi connectivity index (χ4n) is 5.27. The van der Waals surface area contributed by atoms with Crippen LogP contribution < -0.4 is 15.5 Å². The molecule has 9 nitrogen and oxygen atoms in total. The van der Waals surface area contributed by atoms with Gasteiger partial charge in [-0.2, -0.15) is 9.57 Å². The van der Waals surface area contributed by atoms with Crippen LogP contribution in [0.15, 0.2) is 47.4 Å². The number of nitriles is 1. The third kappa shape index (κ3) is 5.55. The molecule has 2 heterocycles. The highest BCUT2D eigenvalue weighted by atomic mass is 32.2. The van der Waals surface area contributed by atoms with E-state index in [1.807, 2.05) is 43.9 Å². The Bertz CT molecular complexity index is 1240. The van der Waals surface area contributed by atoms with E-state index in [0.29, 0.717) is 18.7 Å². The van der Waals surface area contributed by atoms with Gasteiger partial charge in [0.15, 0.2) is 0 Å². The average molecular weight is 511 g/mol. The van der Waals surface area contributed by atoms with Crippen molar-refractivity contribution in [1.29, 1.82) is 5.26 Å². The van der Waals surface area contributed by atoms with E-state index >= 15 is 0 Å². The molecule has 0 saturated carbocycles. The van der Waals surface area contributed by atoms with E-state index in [0.717, 1.165) is 43.1 Å². The van der Waals surface area contributed by atoms with E-state index in [1.165, 1.54) is 16.4 Å². The molecule has 1 amide bonds. The first kappa shape index (κ1) is 26.1. The normalized spacial score (nSPS) is 21.7. The predicted molar refractivity (Wildman–Crippen MR) is 140 cm³/mol. The summed E-state index contributed by atoms with van der Waals surface area (Å²) in [5, 5.41) is 15.6. The van der Waals surface area contributed by atoms with Crippen LogP contribution in [0.25, 0.3) is 0 Å². The Morgan fingerprint density at radius 1 is 1.11 bits per heavy atom. The maximum absolute atomic E-state index is 13.4. The van der Waals surface area contributed by atoms with Gasteiger partial charge in [0.05, 0.1) is 23.1 Å². The first-order valence-corrected chi connectivity index (χ1v) is 13.8. The van der Waals surface area contributed by atoms with E-state index in [-0.39, 0.29) is 29.4 Å². The molecule has 2 aromatic rings. The molecule has 2 fully saturated rings. The summed E-state index contributed by atoms with van der Waals surface area (Å²) in [6, 6.07) is 13.4. The fourth-order valence-corrected chi connectivity index (χ4v) is 7.12. The highest BCUT2D eigenvalue weighted by molar-refractivity contribution is 7.89. The standard InChI is InChI=1S/C26H34N6O3S/c1-19-16-30(17-20(2)32(19)36(34,35)23-7-4-6-22(14-23)15-27)18-26(33)29-24-8-5-9-25(21(24)3)31-12-10-28-11-13-31/h4-9,14,19-20,28H,10-13,16-18H2,1-3H3,(H,29,33). The third-order valence-corrected chi connectivity index (χ3v) is 8.98. The zero-order valence-corrected chi connectivity index (χ0v) is 21.9. The highest BCUT2D eigenvalue weighted by Crippen LogP contribution is 2.28. The van der Waals surface area contributed by atoms with Crippen molar-refractivity contribution in [2.24, 2.45) is 0 Å². The Labute approximate surface area is 213 Å². The summed E-state index contributed by atoms with van der Waals surface area (Å²) >= 11 is 0. The minimum absolute atomic E-state index is 0.117. The molecule has 4 rings (SSSR count). The number of carbonyl (C=O) groups excluding carboxylic acids is 1. The lowest BCUT2D eigenvalue weighted by Gasteiger charge is -2.43. The van der Waals surface area contributed by atoms with Crippen LogP contribution in [0.4, 0.5) is 11.4 Å². The van der Waals surface area contributed by atoms with Crippen LogP contribution in [0.2, 0.25) is 0 Å². The van der Waals surface area contributed by atoms with Gasteiger partial charge in [0.1, 0.15) is 0 Å². The SMILES string of the molecule is Cc1c(NC(=O)CN2CC(C)N(S(=O)(=O)c3cccc(C#N)c3)C(C)C2)cccc1N1CCNCC1. The topological polar surface area (TPSA) is 109 Å². The summed E-state index contributed by atoms with van der Waals surface area (Å²) in [6.07, 6.45) is 0. The molecular weight excluding hydrogens is 476 g/mol. The second-order valence-corrected chi connectivity index (χ2v) is 11.4. The van der Waals surface area contributed by atoms with Crippen molar-refractivity contribution in [3.05, 3.63) is 53.6 Å². The molecule has 2 aromatic carbocycles. The molecule has 10 heteroatoms. The minimum atomic E-state index is -3.77. The van der Waals surface area contributed by atoms with Gasteiger partial charge in [0, 0.05) is 62.7 Å². The van der Waals surface area contributed by atoms with Gasteiger partial charge in [-0.3, -0.25) is 9.69 Å². The summed E-state index contributed by atoms with van der Waals surface area (Å²) in [7, 11) is -3.77. The van der Waals surface area contributed by atoms with Crippen molar-refractivity contribution >= 4 is 27.3 Å². The smallest absolute Gasteiger partial charge is 0.243 e. The van der Waals surface area contributed by atoms with Gasteiger partial charge in [-0.25, -0.2) is 8.42 Å². The maximum atomic E-state index is 13.4. The molecule has 0 radical (unpaired) electrons. The molecule has 2 N–H and O–H groups in total. The number of hydrogen-bond donors (Lipinski definition) is 2. The maximum Gasteiger partial charge on any atom is 0.243 e. The number of hydrogen-bond acceptors (Lipinski definition) is 7. The number of rotatable bonds is 6. The average Bonchev–Trinajstić information content (AvgIpc) is 2.85. The molecule has 36 heavy (non-hydrogen) atoms. The number of amides is 1. The lowest BCUT2D eigenvalue weighted by molar-refractivity contribution is -0.118. The molecule has 2 aliphatic rings. The van der Waals surface area contributed by atoms with Crippen LogP contribution in [-0.4, -0.2) is 81.4 Å². The Balaban J connectivity index is 1.41. The number of anilines is 2. The quantitative estimate of drug-likeness (QED) is 0.612. The Hall–Kier alpha value is -2.97. The summed E-state index contributed by atoms with van der Waals surface area (Å²) in [4.78, 5) is 17.4. The molecule has 192 valence electrons. The second kappa shape index (κ2) is 11.0. The van der Waals surface area contributed by atoms with Gasteiger partial charge in [-0.15, -0.1) is 0 Å². The van der Waals surface area contributed by atoms with Crippen molar-refractivity contribution in [3.63, 3.8) is 0 Å². The summed E-state index contributed by atoms with van der Waals surface area (Å²) in [5.41, 5.74) is 3.29. The van der Waals surface area contributed by atoms with Gasteiger partial charge in [0.2, 0.25) is 15.9 Å². The third-order valence-electron chi connectivity index (χ3n) is 6.86. The number of carbonyl (C=O) groups is 1. The van der Waals surface area contributed by atoms with Crippen molar-refractivity contribution < 1.29 is 13.2 Å². The minimum Gasteiger partial charge on any atom is -0.369 e. The largest absolute Gasteiger partial charge is 0.369 e. The van der Waals surface area contributed by atoms with Crippen LogP contribution in [0, 0.1) is 18.3 Å². The Morgan fingerprint density at radius 2 is 1.78 bits per heavy atom. The van der Waals surface area contributed by atoms with Crippen LogP contribution in [-0.2, 0) is 14.8 Å². The van der Waals surface area contributed by atoms with E-state index in [4.69, 9.17) is 5.26 Å². The first-order valence-electron chi connectivity index (χ1n) is 12.3. The van der Waals surface area contributed by atoms with Gasteiger partial charge in [-0.05, 0) is 56.7 Å². The molecular formula is C26H34N6O3S. The predicted octanol–water partition coefficient (Wildman–Crippen LogP) is 2.00. The molecule has 0 bridgehead atoms. The van der Waals surface area contributed by atoms with Gasteiger partial charge in [0.25, 0.3) is 0 Å². The fraction of sp³-hybridized carbons (Fsp3) is 0.462. The van der Waals surface area contributed by atoms with Gasteiger partial charge < -0.3 is 15.5 Å². The van der Waals surface area contributed by atoms with Crippen LogP contribution >= 0.6 is 0 Å². The van der Waals surface area contributed by atoms with Crippen molar-refractivity contribution in [2.75, 3.05) is 56.0 Å².